The van der Waals surface area contributed by atoms with Crippen molar-refractivity contribution in [2.45, 2.75) is 52.4 Å². The van der Waals surface area contributed by atoms with E-state index in [0.29, 0.717) is 51.3 Å². The summed E-state index contributed by atoms with van der Waals surface area (Å²) in [7, 11) is 0. The lowest BCUT2D eigenvalue weighted by atomic mass is 9.95. The number of ether oxygens (including phenoxy) is 1. The summed E-state index contributed by atoms with van der Waals surface area (Å²) in [5, 5.41) is 11.5. The second-order valence-electron chi connectivity index (χ2n) is 9.87. The van der Waals surface area contributed by atoms with Crippen LogP contribution in [0, 0.1) is 19.8 Å². The molecule has 0 unspecified atom stereocenters. The zero-order valence-corrected chi connectivity index (χ0v) is 20.9. The van der Waals surface area contributed by atoms with Gasteiger partial charge < -0.3 is 15.0 Å². The lowest BCUT2D eigenvalue weighted by molar-refractivity contribution is -0.126. The topological polar surface area (TPSA) is 89.4 Å². The molecule has 0 bridgehead atoms. The molecule has 2 amide bonds. The highest BCUT2D eigenvalue weighted by Gasteiger charge is 2.33. The lowest BCUT2D eigenvalue weighted by Crippen LogP contribution is -2.43. The summed E-state index contributed by atoms with van der Waals surface area (Å²) in [5.41, 5.74) is 5.82. The van der Waals surface area contributed by atoms with Crippen LogP contribution in [0.3, 0.4) is 0 Å². The van der Waals surface area contributed by atoms with E-state index in [-0.39, 0.29) is 23.8 Å². The van der Waals surface area contributed by atoms with Gasteiger partial charge in [-0.1, -0.05) is 64.9 Å². The van der Waals surface area contributed by atoms with Gasteiger partial charge in [0, 0.05) is 25.6 Å². The number of likely N-dealkylation sites (tertiary alicyclic amines) is 1. The molecule has 8 nitrogen and oxygen atoms in total. The Morgan fingerprint density at radius 2 is 1.67 bits per heavy atom. The normalized spacial score (nSPS) is 18.1. The standard InChI is InChI=1S/C28H33N5O3/c1-19-3-7-21(8-4-19)11-14-29-27(34)23-12-15-32(16-13-23)28(35)26-24-18-36-25(17-33(24)31-30-26)22-9-5-20(2)6-10-22/h3-10,23,25H,11-18H2,1-2H3,(H,29,34)/t25-/m1/s1. The zero-order valence-electron chi connectivity index (χ0n) is 20.9. The summed E-state index contributed by atoms with van der Waals surface area (Å²) in [5.74, 6) is -0.127. The number of amides is 2. The van der Waals surface area contributed by atoms with Gasteiger partial charge in [-0.25, -0.2) is 4.68 Å². The van der Waals surface area contributed by atoms with Crippen molar-refractivity contribution in [1.29, 1.82) is 0 Å². The first-order valence-electron chi connectivity index (χ1n) is 12.7. The SMILES string of the molecule is Cc1ccc(CCNC(=O)C2CCN(C(=O)c3nnn4c3CO[C@@H](c3ccc(C)cc3)C4)CC2)cc1. The van der Waals surface area contributed by atoms with E-state index in [2.05, 4.69) is 78.0 Å². The number of nitrogens with one attached hydrogen (secondary N) is 1. The quantitative estimate of drug-likeness (QED) is 0.576. The largest absolute Gasteiger partial charge is 0.365 e. The summed E-state index contributed by atoms with van der Waals surface area (Å²) in [4.78, 5) is 27.6. The smallest absolute Gasteiger partial charge is 0.276 e. The minimum absolute atomic E-state index is 0.0697. The molecule has 1 saturated heterocycles. The van der Waals surface area contributed by atoms with E-state index in [9.17, 15) is 9.59 Å². The molecule has 3 heterocycles. The van der Waals surface area contributed by atoms with E-state index in [4.69, 9.17) is 4.74 Å². The van der Waals surface area contributed by atoms with Gasteiger partial charge >= 0.3 is 0 Å². The second kappa shape index (κ2) is 10.6. The number of fused-ring (bicyclic) bond motifs is 1. The Bertz CT molecular complexity index is 1210. The second-order valence-corrected chi connectivity index (χ2v) is 9.87. The van der Waals surface area contributed by atoms with Gasteiger partial charge in [-0.3, -0.25) is 9.59 Å². The summed E-state index contributed by atoms with van der Waals surface area (Å²) < 4.78 is 7.85. The summed E-state index contributed by atoms with van der Waals surface area (Å²) in [6.07, 6.45) is 2.01. The average molecular weight is 488 g/mol. The van der Waals surface area contributed by atoms with Crippen molar-refractivity contribution in [3.8, 4) is 0 Å². The van der Waals surface area contributed by atoms with E-state index in [1.165, 1.54) is 16.7 Å². The molecule has 1 atom stereocenters. The number of hydrogen-bond donors (Lipinski definition) is 1. The molecule has 0 saturated carbocycles. The van der Waals surface area contributed by atoms with Crippen LogP contribution >= 0.6 is 0 Å². The van der Waals surface area contributed by atoms with Crippen LogP contribution in [0.4, 0.5) is 0 Å². The van der Waals surface area contributed by atoms with Crippen molar-refractivity contribution >= 4 is 11.8 Å². The molecule has 36 heavy (non-hydrogen) atoms. The zero-order chi connectivity index (χ0) is 25.1. The van der Waals surface area contributed by atoms with Crippen molar-refractivity contribution in [3.63, 3.8) is 0 Å². The first-order chi connectivity index (χ1) is 17.5. The molecule has 5 rings (SSSR count). The van der Waals surface area contributed by atoms with Crippen LogP contribution in [0.1, 0.15) is 57.4 Å². The molecule has 2 aromatic carbocycles. The van der Waals surface area contributed by atoms with Crippen LogP contribution in [0.5, 0.6) is 0 Å². The number of carbonyl (C=O) groups excluding carboxylic acids is 2. The van der Waals surface area contributed by atoms with Crippen molar-refractivity contribution < 1.29 is 14.3 Å². The minimum Gasteiger partial charge on any atom is -0.365 e. The van der Waals surface area contributed by atoms with Gasteiger partial charge in [0.25, 0.3) is 5.91 Å². The predicted molar refractivity (Wildman–Crippen MR) is 135 cm³/mol. The maximum absolute atomic E-state index is 13.2. The van der Waals surface area contributed by atoms with Crippen LogP contribution in [0.25, 0.3) is 0 Å². The van der Waals surface area contributed by atoms with E-state index < -0.39 is 0 Å². The molecule has 1 aromatic heterocycles. The average Bonchev–Trinajstić information content (AvgIpc) is 3.33. The van der Waals surface area contributed by atoms with Gasteiger partial charge in [-0.15, -0.1) is 5.10 Å². The number of benzene rings is 2. The maximum atomic E-state index is 13.2. The van der Waals surface area contributed by atoms with Crippen LogP contribution in [0.2, 0.25) is 0 Å². The molecule has 1 fully saturated rings. The third kappa shape index (κ3) is 5.33. The lowest BCUT2D eigenvalue weighted by Gasteiger charge is -2.31. The fourth-order valence-corrected chi connectivity index (χ4v) is 4.88. The van der Waals surface area contributed by atoms with Gasteiger partial charge in [0.15, 0.2) is 5.69 Å². The van der Waals surface area contributed by atoms with E-state index in [0.717, 1.165) is 17.7 Å². The summed E-state index contributed by atoms with van der Waals surface area (Å²) >= 11 is 0. The highest BCUT2D eigenvalue weighted by atomic mass is 16.5. The van der Waals surface area contributed by atoms with E-state index >= 15 is 0 Å². The fraction of sp³-hybridized carbons (Fsp3) is 0.429. The number of rotatable bonds is 6. The molecular formula is C28H33N5O3. The number of aromatic nitrogens is 3. The molecule has 0 spiro atoms. The Labute approximate surface area is 211 Å². The van der Waals surface area contributed by atoms with E-state index in [1.807, 2.05) is 0 Å². The minimum atomic E-state index is -0.133. The monoisotopic (exact) mass is 487 g/mol. The van der Waals surface area contributed by atoms with Crippen molar-refractivity contribution in [2.24, 2.45) is 5.92 Å². The Balaban J connectivity index is 1.12. The molecular weight excluding hydrogens is 454 g/mol. The molecule has 3 aromatic rings. The van der Waals surface area contributed by atoms with Crippen molar-refractivity contribution in [2.75, 3.05) is 19.6 Å². The Morgan fingerprint density at radius 3 is 2.36 bits per heavy atom. The van der Waals surface area contributed by atoms with Gasteiger partial charge in [0.1, 0.15) is 6.10 Å². The van der Waals surface area contributed by atoms with Gasteiger partial charge in [0.05, 0.1) is 18.8 Å². The van der Waals surface area contributed by atoms with Gasteiger partial charge in [0.2, 0.25) is 5.91 Å². The summed E-state index contributed by atoms with van der Waals surface area (Å²) in [6, 6.07) is 16.6. The highest BCUT2D eigenvalue weighted by molar-refractivity contribution is 5.93. The first kappa shape index (κ1) is 24.2. The number of piperidine rings is 1. The molecule has 8 heteroatoms. The molecule has 0 aliphatic carbocycles. The van der Waals surface area contributed by atoms with Gasteiger partial charge in [-0.2, -0.15) is 0 Å². The van der Waals surface area contributed by atoms with Crippen molar-refractivity contribution in [3.05, 3.63) is 82.2 Å². The molecule has 0 radical (unpaired) electrons. The van der Waals surface area contributed by atoms with Gasteiger partial charge in [-0.05, 0) is 44.2 Å². The number of nitrogens with zero attached hydrogens (tertiary/aromatic N) is 4. The van der Waals surface area contributed by atoms with Crippen LogP contribution < -0.4 is 5.32 Å². The number of carbonyl (C=O) groups is 2. The molecule has 188 valence electrons. The highest BCUT2D eigenvalue weighted by Crippen LogP contribution is 2.28. The predicted octanol–water partition coefficient (Wildman–Crippen LogP) is 3.38. The van der Waals surface area contributed by atoms with Crippen molar-refractivity contribution in [1.82, 2.24) is 25.2 Å². The first-order valence-corrected chi connectivity index (χ1v) is 12.7. The third-order valence-corrected chi connectivity index (χ3v) is 7.24. The maximum Gasteiger partial charge on any atom is 0.276 e. The third-order valence-electron chi connectivity index (χ3n) is 7.24. The molecule has 2 aliphatic rings. The Hall–Kier alpha value is -3.52. The van der Waals surface area contributed by atoms with E-state index in [1.54, 1.807) is 9.58 Å². The Morgan fingerprint density at radius 1 is 1.00 bits per heavy atom. The fourth-order valence-electron chi connectivity index (χ4n) is 4.88. The Kier molecular flexibility index (Phi) is 7.13. The van der Waals surface area contributed by atoms with Crippen LogP contribution in [0.15, 0.2) is 48.5 Å². The van der Waals surface area contributed by atoms with Crippen LogP contribution in [-0.2, 0) is 29.1 Å². The number of aryl methyl sites for hydroxylation is 2. The summed E-state index contributed by atoms with van der Waals surface area (Å²) in [6.45, 7) is 6.65. The number of hydrogen-bond acceptors (Lipinski definition) is 5. The van der Waals surface area contributed by atoms with Crippen LogP contribution in [-0.4, -0.2) is 51.3 Å². The molecule has 2 aliphatic heterocycles. The molecule has 1 N–H and O–H groups in total.